The van der Waals surface area contributed by atoms with Crippen LogP contribution < -0.4 is 4.90 Å². The van der Waals surface area contributed by atoms with Gasteiger partial charge in [-0.3, -0.25) is 9.69 Å². The van der Waals surface area contributed by atoms with Gasteiger partial charge in [0.25, 0.3) is 0 Å². The zero-order chi connectivity index (χ0) is 18.8. The number of hydrogen-bond donors (Lipinski definition) is 0. The van der Waals surface area contributed by atoms with Gasteiger partial charge in [0.15, 0.2) is 17.5 Å². The van der Waals surface area contributed by atoms with Crippen molar-refractivity contribution in [2.75, 3.05) is 4.90 Å². The Morgan fingerprint density at radius 3 is 2.46 bits per heavy atom. The Bertz CT molecular complexity index is 779. The fourth-order valence-electron chi connectivity index (χ4n) is 3.55. The molecule has 0 aliphatic heterocycles. The molecule has 1 amide bonds. The van der Waals surface area contributed by atoms with Crippen molar-refractivity contribution in [1.29, 1.82) is 0 Å². The molecule has 140 valence electrons. The second kappa shape index (κ2) is 7.56. The molecule has 1 fully saturated rings. The minimum atomic E-state index is -0.923. The van der Waals surface area contributed by atoms with E-state index >= 15 is 0 Å². The first-order chi connectivity index (χ1) is 12.4. The lowest BCUT2D eigenvalue weighted by Crippen LogP contribution is -2.42. The quantitative estimate of drug-likeness (QED) is 0.790. The van der Waals surface area contributed by atoms with E-state index in [4.69, 9.17) is 0 Å². The molecule has 1 aliphatic carbocycles. The van der Waals surface area contributed by atoms with Crippen molar-refractivity contribution in [3.05, 3.63) is 42.1 Å². The maximum Gasteiger partial charge on any atom is 0.231 e. The molecule has 0 unspecified atom stereocenters. The Morgan fingerprint density at radius 2 is 1.85 bits per heavy atom. The molecule has 2 aromatic rings. The van der Waals surface area contributed by atoms with Crippen LogP contribution in [-0.2, 0) is 4.79 Å². The number of nitrogens with zero attached hydrogens (tertiary/aromatic N) is 3. The number of benzene rings is 1. The SMILES string of the molecule is CC1CCC(C(=O)N(c2ccn(-c3ccc(F)c(F)c3)n2)C(C)C)CC1. The van der Waals surface area contributed by atoms with Gasteiger partial charge in [-0.15, -0.1) is 5.10 Å². The van der Waals surface area contributed by atoms with Gasteiger partial charge in [-0.05, 0) is 57.6 Å². The van der Waals surface area contributed by atoms with Crippen molar-refractivity contribution in [3.63, 3.8) is 0 Å². The predicted octanol–water partition coefficient (Wildman–Crippen LogP) is 4.72. The fourth-order valence-corrected chi connectivity index (χ4v) is 3.55. The largest absolute Gasteiger partial charge is 0.293 e. The topological polar surface area (TPSA) is 38.1 Å². The van der Waals surface area contributed by atoms with Crippen LogP contribution in [0.2, 0.25) is 0 Å². The van der Waals surface area contributed by atoms with Gasteiger partial charge in [0.05, 0.1) is 5.69 Å². The third kappa shape index (κ3) is 3.79. The van der Waals surface area contributed by atoms with Gasteiger partial charge in [0.1, 0.15) is 0 Å². The molecular formula is C20H25F2N3O. The smallest absolute Gasteiger partial charge is 0.231 e. The lowest BCUT2D eigenvalue weighted by atomic mass is 9.82. The monoisotopic (exact) mass is 361 g/mol. The molecule has 0 N–H and O–H groups in total. The van der Waals surface area contributed by atoms with Crippen molar-refractivity contribution in [3.8, 4) is 5.69 Å². The van der Waals surface area contributed by atoms with Crippen LogP contribution in [0.4, 0.5) is 14.6 Å². The molecule has 3 rings (SSSR count). The van der Waals surface area contributed by atoms with Gasteiger partial charge >= 0.3 is 0 Å². The molecule has 0 radical (unpaired) electrons. The number of amides is 1. The summed E-state index contributed by atoms with van der Waals surface area (Å²) >= 11 is 0. The predicted molar refractivity (Wildman–Crippen MR) is 97.2 cm³/mol. The first-order valence-corrected chi connectivity index (χ1v) is 9.21. The number of carbonyl (C=O) groups is 1. The second-order valence-electron chi connectivity index (χ2n) is 7.48. The van der Waals surface area contributed by atoms with Crippen LogP contribution in [0.1, 0.15) is 46.5 Å². The highest BCUT2D eigenvalue weighted by Gasteiger charge is 2.31. The third-order valence-electron chi connectivity index (χ3n) is 5.11. The van der Waals surface area contributed by atoms with Crippen LogP contribution in [0.25, 0.3) is 5.69 Å². The lowest BCUT2D eigenvalue weighted by Gasteiger charge is -2.32. The molecule has 4 nitrogen and oxygen atoms in total. The first-order valence-electron chi connectivity index (χ1n) is 9.21. The Hall–Kier alpha value is -2.24. The fraction of sp³-hybridized carbons (Fsp3) is 0.500. The summed E-state index contributed by atoms with van der Waals surface area (Å²) < 4.78 is 28.1. The van der Waals surface area contributed by atoms with E-state index < -0.39 is 11.6 Å². The number of aromatic nitrogens is 2. The van der Waals surface area contributed by atoms with Crippen LogP contribution in [-0.4, -0.2) is 21.7 Å². The number of hydrogen-bond acceptors (Lipinski definition) is 2. The minimum absolute atomic E-state index is 0.0296. The number of rotatable bonds is 4. The molecule has 26 heavy (non-hydrogen) atoms. The van der Waals surface area contributed by atoms with Gasteiger partial charge in [0, 0.05) is 30.3 Å². The maximum absolute atomic E-state index is 13.5. The molecular weight excluding hydrogens is 336 g/mol. The van der Waals surface area contributed by atoms with Crippen LogP contribution in [0.5, 0.6) is 0 Å². The first kappa shape index (κ1) is 18.5. The molecule has 0 saturated heterocycles. The van der Waals surface area contributed by atoms with Crippen molar-refractivity contribution >= 4 is 11.7 Å². The summed E-state index contributed by atoms with van der Waals surface area (Å²) in [6.45, 7) is 6.14. The van der Waals surface area contributed by atoms with E-state index in [0.717, 1.165) is 37.8 Å². The van der Waals surface area contributed by atoms with Crippen molar-refractivity contribution in [2.45, 2.75) is 52.5 Å². The highest BCUT2D eigenvalue weighted by Crippen LogP contribution is 2.31. The van der Waals surface area contributed by atoms with Crippen molar-refractivity contribution in [2.24, 2.45) is 11.8 Å². The van der Waals surface area contributed by atoms with E-state index in [2.05, 4.69) is 12.0 Å². The summed E-state index contributed by atoms with van der Waals surface area (Å²) in [5.41, 5.74) is 0.415. The molecule has 0 atom stereocenters. The normalized spacial score (nSPS) is 20.4. The molecule has 0 bridgehead atoms. The molecule has 6 heteroatoms. The van der Waals surface area contributed by atoms with E-state index in [1.807, 2.05) is 13.8 Å². The molecule has 1 aliphatic rings. The van der Waals surface area contributed by atoms with E-state index in [-0.39, 0.29) is 17.9 Å². The van der Waals surface area contributed by atoms with Crippen molar-refractivity contribution < 1.29 is 13.6 Å². The van der Waals surface area contributed by atoms with Gasteiger partial charge in [-0.1, -0.05) is 6.92 Å². The second-order valence-corrected chi connectivity index (χ2v) is 7.48. The zero-order valence-corrected chi connectivity index (χ0v) is 15.5. The van der Waals surface area contributed by atoms with Gasteiger partial charge in [-0.25, -0.2) is 13.5 Å². The average molecular weight is 361 g/mol. The van der Waals surface area contributed by atoms with Crippen LogP contribution in [0, 0.1) is 23.5 Å². The Kier molecular flexibility index (Phi) is 5.39. The summed E-state index contributed by atoms with van der Waals surface area (Å²) in [6.07, 6.45) is 5.63. The van der Waals surface area contributed by atoms with Gasteiger partial charge in [-0.2, -0.15) is 0 Å². The third-order valence-corrected chi connectivity index (χ3v) is 5.11. The van der Waals surface area contributed by atoms with E-state index in [9.17, 15) is 13.6 Å². The summed E-state index contributed by atoms with van der Waals surface area (Å²) in [7, 11) is 0. The van der Waals surface area contributed by atoms with E-state index in [1.165, 1.54) is 10.7 Å². The standard InChI is InChI=1S/C20H25F2N3O/c1-13(2)25(20(26)15-6-4-14(3)5-7-15)19-10-11-24(23-19)16-8-9-17(21)18(22)12-16/h8-15H,4-7H2,1-3H3. The molecule has 1 aromatic heterocycles. The molecule has 1 heterocycles. The highest BCUT2D eigenvalue weighted by molar-refractivity contribution is 5.94. The van der Waals surface area contributed by atoms with E-state index in [1.54, 1.807) is 17.2 Å². The number of anilines is 1. The highest BCUT2D eigenvalue weighted by atomic mass is 19.2. The summed E-state index contributed by atoms with van der Waals surface area (Å²) in [6, 6.07) is 5.33. The minimum Gasteiger partial charge on any atom is -0.293 e. The van der Waals surface area contributed by atoms with Crippen LogP contribution >= 0.6 is 0 Å². The zero-order valence-electron chi connectivity index (χ0n) is 15.5. The molecule has 1 aromatic carbocycles. The summed E-state index contributed by atoms with van der Waals surface area (Å²) in [4.78, 5) is 14.8. The van der Waals surface area contributed by atoms with Gasteiger partial charge < -0.3 is 0 Å². The number of halogens is 2. The molecule has 0 spiro atoms. The lowest BCUT2D eigenvalue weighted by molar-refractivity contribution is -0.123. The van der Waals surface area contributed by atoms with Crippen molar-refractivity contribution in [1.82, 2.24) is 9.78 Å². The van der Waals surface area contributed by atoms with Crippen LogP contribution in [0.15, 0.2) is 30.5 Å². The Labute approximate surface area is 152 Å². The Balaban J connectivity index is 1.84. The maximum atomic E-state index is 13.5. The van der Waals surface area contributed by atoms with E-state index in [0.29, 0.717) is 17.4 Å². The van der Waals surface area contributed by atoms with Crippen LogP contribution in [0.3, 0.4) is 0 Å². The number of carbonyl (C=O) groups excluding carboxylic acids is 1. The summed E-state index contributed by atoms with van der Waals surface area (Å²) in [5.74, 6) is -0.476. The van der Waals surface area contributed by atoms with Gasteiger partial charge in [0.2, 0.25) is 5.91 Å². The summed E-state index contributed by atoms with van der Waals surface area (Å²) in [5, 5.41) is 4.44. The Morgan fingerprint density at radius 1 is 1.15 bits per heavy atom. The molecule has 1 saturated carbocycles. The average Bonchev–Trinajstić information content (AvgIpc) is 3.07.